The van der Waals surface area contributed by atoms with Crippen molar-refractivity contribution >= 4 is 38.9 Å². The van der Waals surface area contributed by atoms with Crippen molar-refractivity contribution in [3.8, 4) is 62.1 Å². The Morgan fingerprint density at radius 3 is 1.24 bits per heavy atom. The molecule has 0 saturated carbocycles. The van der Waals surface area contributed by atoms with E-state index in [-0.39, 0.29) is 0 Å². The summed E-state index contributed by atoms with van der Waals surface area (Å²) in [5, 5.41) is 2.25. The van der Waals surface area contributed by atoms with Gasteiger partial charge in [-0.25, -0.2) is 4.98 Å². The van der Waals surface area contributed by atoms with Gasteiger partial charge in [-0.05, 0) is 88.0 Å². The molecule has 0 spiro atoms. The van der Waals surface area contributed by atoms with Gasteiger partial charge in [-0.2, -0.15) is 9.97 Å². The Morgan fingerprint density at radius 1 is 0.274 bits per heavy atom. The highest BCUT2D eigenvalue weighted by Gasteiger charge is 2.19. The van der Waals surface area contributed by atoms with E-state index in [9.17, 15) is 0 Å². The lowest BCUT2D eigenvalue weighted by Crippen LogP contribution is -2.10. The molecule has 292 valence electrons. The standard InChI is InChI=1S/C57H39N5/c1-5-16-40(17-6-1)42-28-33-48(34-29-42)61(49-35-30-43(31-36-49)41-18-7-2-8-19-41)50-25-15-24-46(38-50)47-32-37-54-52(39-47)51-26-13-14-27-53(51)62(54)57-59-55(44-20-9-3-10-21-44)58-56(60-57)45-22-11-4-12-23-45/h1-39H. The van der Waals surface area contributed by atoms with Crippen molar-refractivity contribution in [3.05, 3.63) is 237 Å². The number of fused-ring (bicyclic) bond motifs is 3. The molecule has 0 amide bonds. The van der Waals surface area contributed by atoms with Gasteiger partial charge in [-0.1, -0.05) is 182 Å². The normalized spacial score (nSPS) is 11.2. The minimum atomic E-state index is 0.575. The number of rotatable bonds is 9. The first-order valence-electron chi connectivity index (χ1n) is 20.9. The third-order valence-electron chi connectivity index (χ3n) is 11.5. The van der Waals surface area contributed by atoms with Gasteiger partial charge in [0.15, 0.2) is 11.6 Å². The van der Waals surface area contributed by atoms with Crippen LogP contribution in [-0.4, -0.2) is 19.5 Å². The first-order valence-corrected chi connectivity index (χ1v) is 20.9. The Hall–Kier alpha value is -8.41. The summed E-state index contributed by atoms with van der Waals surface area (Å²) in [6.07, 6.45) is 0. The summed E-state index contributed by atoms with van der Waals surface area (Å²) >= 11 is 0. The first kappa shape index (κ1) is 36.7. The molecule has 0 saturated heterocycles. The van der Waals surface area contributed by atoms with E-state index in [0.29, 0.717) is 17.6 Å². The fourth-order valence-corrected chi connectivity index (χ4v) is 8.40. The molecular weight excluding hydrogens is 755 g/mol. The number of anilines is 3. The molecule has 0 atom stereocenters. The maximum absolute atomic E-state index is 5.12. The van der Waals surface area contributed by atoms with Crippen molar-refractivity contribution in [3.63, 3.8) is 0 Å². The highest BCUT2D eigenvalue weighted by molar-refractivity contribution is 6.10. The zero-order chi connectivity index (χ0) is 41.2. The Morgan fingerprint density at radius 2 is 0.694 bits per heavy atom. The lowest BCUT2D eigenvalue weighted by molar-refractivity contribution is 0.953. The van der Waals surface area contributed by atoms with Crippen LogP contribution in [0.15, 0.2) is 237 Å². The molecule has 62 heavy (non-hydrogen) atoms. The maximum Gasteiger partial charge on any atom is 0.238 e. The van der Waals surface area contributed by atoms with E-state index in [2.05, 4.69) is 185 Å². The summed E-state index contributed by atoms with van der Waals surface area (Å²) in [6, 6.07) is 83.1. The van der Waals surface area contributed by atoms with E-state index < -0.39 is 0 Å². The van der Waals surface area contributed by atoms with Crippen molar-refractivity contribution in [1.82, 2.24) is 19.5 Å². The van der Waals surface area contributed by atoms with Crippen LogP contribution in [0.5, 0.6) is 0 Å². The maximum atomic E-state index is 5.12. The first-order chi connectivity index (χ1) is 30.7. The Bertz CT molecular complexity index is 3170. The molecule has 5 nitrogen and oxygen atoms in total. The van der Waals surface area contributed by atoms with Gasteiger partial charge >= 0.3 is 0 Å². The van der Waals surface area contributed by atoms with Crippen LogP contribution in [0.1, 0.15) is 0 Å². The second-order valence-electron chi connectivity index (χ2n) is 15.3. The summed E-state index contributed by atoms with van der Waals surface area (Å²) < 4.78 is 2.17. The van der Waals surface area contributed by atoms with E-state index in [4.69, 9.17) is 15.0 Å². The van der Waals surface area contributed by atoms with E-state index in [1.807, 2.05) is 60.7 Å². The largest absolute Gasteiger partial charge is 0.310 e. The van der Waals surface area contributed by atoms with Gasteiger partial charge < -0.3 is 4.90 Å². The minimum Gasteiger partial charge on any atom is -0.310 e. The topological polar surface area (TPSA) is 46.8 Å². The van der Waals surface area contributed by atoms with Crippen LogP contribution >= 0.6 is 0 Å². The third-order valence-corrected chi connectivity index (χ3v) is 11.5. The average Bonchev–Trinajstić information content (AvgIpc) is 3.69. The SMILES string of the molecule is c1ccc(-c2ccc(N(c3ccc(-c4ccccc4)cc3)c3cccc(-c4ccc5c(c4)c4ccccc4n5-c4nc(-c5ccccc5)nc(-c5ccccc5)n4)c3)cc2)cc1. The molecule has 2 heterocycles. The molecule has 11 rings (SSSR count). The van der Waals surface area contributed by atoms with E-state index in [1.165, 1.54) is 22.3 Å². The zero-order valence-corrected chi connectivity index (χ0v) is 33.8. The van der Waals surface area contributed by atoms with E-state index in [1.54, 1.807) is 0 Å². The van der Waals surface area contributed by atoms with Crippen molar-refractivity contribution in [2.24, 2.45) is 0 Å². The zero-order valence-electron chi connectivity index (χ0n) is 33.8. The van der Waals surface area contributed by atoms with Crippen molar-refractivity contribution in [2.45, 2.75) is 0 Å². The van der Waals surface area contributed by atoms with Crippen LogP contribution in [0.25, 0.3) is 83.9 Å². The predicted octanol–water partition coefficient (Wildman–Crippen LogP) is 14.8. The van der Waals surface area contributed by atoms with Crippen LogP contribution in [-0.2, 0) is 0 Å². The number of nitrogens with zero attached hydrogens (tertiary/aromatic N) is 5. The van der Waals surface area contributed by atoms with Gasteiger partial charge in [0, 0.05) is 39.0 Å². The Balaban J connectivity index is 1.02. The smallest absolute Gasteiger partial charge is 0.238 e. The molecule has 11 aromatic rings. The molecule has 0 unspecified atom stereocenters. The molecule has 0 N–H and O–H groups in total. The molecular formula is C57H39N5. The summed E-state index contributed by atoms with van der Waals surface area (Å²) in [7, 11) is 0. The van der Waals surface area contributed by atoms with E-state index >= 15 is 0 Å². The van der Waals surface area contributed by atoms with Crippen LogP contribution in [0.4, 0.5) is 17.1 Å². The highest BCUT2D eigenvalue weighted by atomic mass is 15.2. The van der Waals surface area contributed by atoms with Crippen LogP contribution in [0.2, 0.25) is 0 Å². The summed E-state index contributed by atoms with van der Waals surface area (Å²) in [5.74, 6) is 1.83. The van der Waals surface area contributed by atoms with Gasteiger partial charge in [0.25, 0.3) is 0 Å². The monoisotopic (exact) mass is 793 g/mol. The quantitative estimate of drug-likeness (QED) is 0.146. The Labute approximate surface area is 360 Å². The molecule has 0 radical (unpaired) electrons. The Kier molecular flexibility index (Phi) is 9.45. The van der Waals surface area contributed by atoms with Crippen LogP contribution in [0, 0.1) is 0 Å². The lowest BCUT2D eigenvalue weighted by Gasteiger charge is -2.26. The minimum absolute atomic E-state index is 0.575. The van der Waals surface area contributed by atoms with Gasteiger partial charge in [0.2, 0.25) is 5.95 Å². The second kappa shape index (κ2) is 16.0. The molecule has 0 aliphatic heterocycles. The fraction of sp³-hybridized carbons (Fsp3) is 0. The predicted molar refractivity (Wildman–Crippen MR) is 256 cm³/mol. The second-order valence-corrected chi connectivity index (χ2v) is 15.3. The summed E-state index contributed by atoms with van der Waals surface area (Å²) in [6.45, 7) is 0. The number of hydrogen-bond donors (Lipinski definition) is 0. The summed E-state index contributed by atoms with van der Waals surface area (Å²) in [4.78, 5) is 17.5. The van der Waals surface area contributed by atoms with Gasteiger partial charge in [0.05, 0.1) is 11.0 Å². The molecule has 0 aliphatic carbocycles. The van der Waals surface area contributed by atoms with Gasteiger partial charge in [-0.3, -0.25) is 4.57 Å². The number of benzene rings is 9. The van der Waals surface area contributed by atoms with E-state index in [0.717, 1.165) is 61.1 Å². The number of para-hydroxylation sites is 1. The van der Waals surface area contributed by atoms with Crippen molar-refractivity contribution in [1.29, 1.82) is 0 Å². The molecule has 2 aromatic heterocycles. The molecule has 0 fully saturated rings. The van der Waals surface area contributed by atoms with Gasteiger partial charge in [-0.15, -0.1) is 0 Å². The summed E-state index contributed by atoms with van der Waals surface area (Å²) in [5.41, 5.74) is 14.1. The third kappa shape index (κ3) is 6.97. The number of aromatic nitrogens is 4. The highest BCUT2D eigenvalue weighted by Crippen LogP contribution is 2.40. The van der Waals surface area contributed by atoms with Crippen molar-refractivity contribution in [2.75, 3.05) is 4.90 Å². The lowest BCUT2D eigenvalue weighted by atomic mass is 10.0. The fourth-order valence-electron chi connectivity index (χ4n) is 8.40. The van der Waals surface area contributed by atoms with Crippen LogP contribution < -0.4 is 4.90 Å². The van der Waals surface area contributed by atoms with Gasteiger partial charge in [0.1, 0.15) is 0 Å². The molecule has 9 aromatic carbocycles. The van der Waals surface area contributed by atoms with Crippen LogP contribution in [0.3, 0.4) is 0 Å². The molecule has 0 aliphatic rings. The number of hydrogen-bond acceptors (Lipinski definition) is 4. The molecule has 0 bridgehead atoms. The van der Waals surface area contributed by atoms with Crippen molar-refractivity contribution < 1.29 is 0 Å². The molecule has 5 heteroatoms. The average molecular weight is 794 g/mol.